The summed E-state index contributed by atoms with van der Waals surface area (Å²) in [4.78, 5) is 0. The molecule has 4 heteroatoms. The molecule has 3 nitrogen and oxygen atoms in total. The van der Waals surface area contributed by atoms with Gasteiger partial charge in [-0.15, -0.1) is 0 Å². The van der Waals surface area contributed by atoms with Crippen molar-refractivity contribution >= 4 is 11.6 Å². The molecule has 0 amide bonds. The fourth-order valence-electron chi connectivity index (χ4n) is 2.70. The highest BCUT2D eigenvalue weighted by atomic mass is 35.5. The Labute approximate surface area is 133 Å². The van der Waals surface area contributed by atoms with E-state index in [0.29, 0.717) is 12.6 Å². The first-order valence-corrected chi connectivity index (χ1v) is 8.35. The Morgan fingerprint density at radius 3 is 2.90 bits per heavy atom. The quantitative estimate of drug-likeness (QED) is 0.789. The Kier molecular flexibility index (Phi) is 7.34. The second kappa shape index (κ2) is 9.29. The highest BCUT2D eigenvalue weighted by molar-refractivity contribution is 6.30. The predicted molar refractivity (Wildman–Crippen MR) is 87.2 cm³/mol. The minimum absolute atomic E-state index is 0.395. The van der Waals surface area contributed by atoms with Gasteiger partial charge in [-0.25, -0.2) is 0 Å². The van der Waals surface area contributed by atoms with E-state index < -0.39 is 0 Å². The first-order chi connectivity index (χ1) is 10.3. The van der Waals surface area contributed by atoms with Gasteiger partial charge in [0.1, 0.15) is 12.4 Å². The van der Waals surface area contributed by atoms with Crippen LogP contribution in [0.15, 0.2) is 24.3 Å². The molecule has 2 rings (SSSR count). The zero-order valence-corrected chi connectivity index (χ0v) is 13.6. The van der Waals surface area contributed by atoms with Crippen molar-refractivity contribution in [3.63, 3.8) is 0 Å². The van der Waals surface area contributed by atoms with Gasteiger partial charge in [0, 0.05) is 24.3 Å². The number of hydrogen-bond acceptors (Lipinski definition) is 3. The van der Waals surface area contributed by atoms with E-state index in [1.807, 2.05) is 24.3 Å². The van der Waals surface area contributed by atoms with Crippen molar-refractivity contribution in [2.75, 3.05) is 26.4 Å². The highest BCUT2D eigenvalue weighted by Crippen LogP contribution is 2.22. The summed E-state index contributed by atoms with van der Waals surface area (Å²) < 4.78 is 11.3. The molecule has 0 spiro atoms. The molecule has 1 saturated heterocycles. The largest absolute Gasteiger partial charge is 0.492 e. The van der Waals surface area contributed by atoms with Crippen molar-refractivity contribution in [3.8, 4) is 5.75 Å². The third-order valence-electron chi connectivity index (χ3n) is 3.89. The second-order valence-corrected chi connectivity index (χ2v) is 6.15. The summed E-state index contributed by atoms with van der Waals surface area (Å²) in [7, 11) is 0. The lowest BCUT2D eigenvalue weighted by Crippen LogP contribution is -2.37. The maximum atomic E-state index is 5.99. The van der Waals surface area contributed by atoms with Crippen LogP contribution in [-0.2, 0) is 4.74 Å². The summed E-state index contributed by atoms with van der Waals surface area (Å²) in [5.41, 5.74) is 0. The average molecular weight is 312 g/mol. The van der Waals surface area contributed by atoms with Crippen molar-refractivity contribution in [3.05, 3.63) is 29.3 Å². The highest BCUT2D eigenvalue weighted by Gasteiger charge is 2.19. The van der Waals surface area contributed by atoms with Gasteiger partial charge in [0.05, 0.1) is 0 Å². The normalized spacial score (nSPS) is 17.6. The van der Waals surface area contributed by atoms with Crippen LogP contribution < -0.4 is 10.1 Å². The monoisotopic (exact) mass is 311 g/mol. The molecular weight excluding hydrogens is 286 g/mol. The first-order valence-electron chi connectivity index (χ1n) is 7.97. The van der Waals surface area contributed by atoms with E-state index in [2.05, 4.69) is 12.2 Å². The lowest BCUT2D eigenvalue weighted by Gasteiger charge is -2.27. The smallest absolute Gasteiger partial charge is 0.120 e. The van der Waals surface area contributed by atoms with Gasteiger partial charge in [-0.3, -0.25) is 0 Å². The van der Waals surface area contributed by atoms with E-state index in [4.69, 9.17) is 21.1 Å². The number of halogens is 1. The molecule has 21 heavy (non-hydrogen) atoms. The first kappa shape index (κ1) is 16.6. The molecule has 1 aromatic rings. The number of hydrogen-bond donors (Lipinski definition) is 1. The van der Waals surface area contributed by atoms with Crippen molar-refractivity contribution in [2.45, 2.75) is 38.6 Å². The molecule has 0 saturated carbocycles. The van der Waals surface area contributed by atoms with Gasteiger partial charge in [0.25, 0.3) is 0 Å². The van der Waals surface area contributed by atoms with E-state index in [9.17, 15) is 0 Å². The molecule has 1 atom stereocenters. The van der Waals surface area contributed by atoms with Crippen LogP contribution in [0.4, 0.5) is 0 Å². The third kappa shape index (κ3) is 6.25. The summed E-state index contributed by atoms with van der Waals surface area (Å²) >= 11 is 5.99. The molecule has 1 heterocycles. The molecular formula is C17H26ClNO2. The number of ether oxygens (including phenoxy) is 2. The fourth-order valence-corrected chi connectivity index (χ4v) is 2.88. The molecule has 1 N–H and O–H groups in total. The SMILES string of the molecule is CCCNC(COc1cccc(Cl)c1)CC1CCOCC1. The average Bonchev–Trinajstić information content (AvgIpc) is 2.51. The molecule has 1 aliphatic heterocycles. The van der Waals surface area contributed by atoms with Crippen LogP contribution in [0.25, 0.3) is 0 Å². The van der Waals surface area contributed by atoms with Crippen LogP contribution in [0.1, 0.15) is 32.6 Å². The third-order valence-corrected chi connectivity index (χ3v) is 4.12. The van der Waals surface area contributed by atoms with Crippen LogP contribution >= 0.6 is 11.6 Å². The van der Waals surface area contributed by atoms with Crippen LogP contribution in [-0.4, -0.2) is 32.4 Å². The predicted octanol–water partition coefficient (Wildman–Crippen LogP) is 3.90. The van der Waals surface area contributed by atoms with Crippen LogP contribution in [0.5, 0.6) is 5.75 Å². The van der Waals surface area contributed by atoms with Gasteiger partial charge >= 0.3 is 0 Å². The van der Waals surface area contributed by atoms with Crippen LogP contribution in [0.3, 0.4) is 0 Å². The molecule has 1 aromatic carbocycles. The summed E-state index contributed by atoms with van der Waals surface area (Å²) in [6.45, 7) is 5.72. The Bertz CT molecular complexity index is 408. The zero-order valence-electron chi connectivity index (χ0n) is 12.8. The summed E-state index contributed by atoms with van der Waals surface area (Å²) in [6, 6.07) is 8.00. The standard InChI is InChI=1S/C17H26ClNO2/c1-2-8-19-16(11-14-6-9-20-10-7-14)13-21-17-5-3-4-15(18)12-17/h3-5,12,14,16,19H,2,6-11,13H2,1H3. The Morgan fingerprint density at radius 2 is 2.19 bits per heavy atom. The number of rotatable bonds is 8. The van der Waals surface area contributed by atoms with Crippen LogP contribution in [0, 0.1) is 5.92 Å². The lowest BCUT2D eigenvalue weighted by atomic mass is 9.92. The molecule has 1 unspecified atom stereocenters. The molecule has 1 aliphatic rings. The van der Waals surface area contributed by atoms with Gasteiger partial charge in [0.2, 0.25) is 0 Å². The van der Waals surface area contributed by atoms with Crippen LogP contribution in [0.2, 0.25) is 5.02 Å². The van der Waals surface area contributed by atoms with Gasteiger partial charge in [-0.05, 0) is 56.3 Å². The van der Waals surface area contributed by atoms with Gasteiger partial charge in [0.15, 0.2) is 0 Å². The van der Waals surface area contributed by atoms with Gasteiger partial charge < -0.3 is 14.8 Å². The molecule has 0 aliphatic carbocycles. The van der Waals surface area contributed by atoms with Crippen molar-refractivity contribution in [2.24, 2.45) is 5.92 Å². The van der Waals surface area contributed by atoms with E-state index in [1.54, 1.807) is 0 Å². The molecule has 0 radical (unpaired) electrons. The summed E-state index contributed by atoms with van der Waals surface area (Å²) in [5.74, 6) is 1.59. The van der Waals surface area contributed by atoms with Crippen molar-refractivity contribution in [1.29, 1.82) is 0 Å². The second-order valence-electron chi connectivity index (χ2n) is 5.71. The molecule has 0 bridgehead atoms. The fraction of sp³-hybridized carbons (Fsp3) is 0.647. The molecule has 1 fully saturated rings. The summed E-state index contributed by atoms with van der Waals surface area (Å²) in [5, 5.41) is 4.32. The van der Waals surface area contributed by atoms with E-state index in [-0.39, 0.29) is 0 Å². The van der Waals surface area contributed by atoms with Gasteiger partial charge in [-0.1, -0.05) is 24.6 Å². The maximum absolute atomic E-state index is 5.99. The Balaban J connectivity index is 1.83. The van der Waals surface area contributed by atoms with E-state index >= 15 is 0 Å². The number of nitrogens with one attached hydrogen (secondary N) is 1. The van der Waals surface area contributed by atoms with E-state index in [1.165, 1.54) is 12.8 Å². The number of benzene rings is 1. The topological polar surface area (TPSA) is 30.5 Å². The van der Waals surface area contributed by atoms with Crippen molar-refractivity contribution in [1.82, 2.24) is 5.32 Å². The maximum Gasteiger partial charge on any atom is 0.120 e. The minimum Gasteiger partial charge on any atom is -0.492 e. The molecule has 118 valence electrons. The molecule has 0 aromatic heterocycles. The summed E-state index contributed by atoms with van der Waals surface area (Å²) in [6.07, 6.45) is 4.63. The van der Waals surface area contributed by atoms with Gasteiger partial charge in [-0.2, -0.15) is 0 Å². The minimum atomic E-state index is 0.395. The van der Waals surface area contributed by atoms with Crippen molar-refractivity contribution < 1.29 is 9.47 Å². The Hall–Kier alpha value is -0.770. The van der Waals surface area contributed by atoms with E-state index in [0.717, 1.165) is 49.3 Å². The zero-order chi connectivity index (χ0) is 14.9. The Morgan fingerprint density at radius 1 is 1.38 bits per heavy atom. The lowest BCUT2D eigenvalue weighted by molar-refractivity contribution is 0.0581.